The molecule has 0 fully saturated rings. The minimum Gasteiger partial charge on any atom is -0.744 e. The normalized spacial score (nSPS) is 11.5. The van der Waals surface area contributed by atoms with E-state index in [0.29, 0.717) is 11.8 Å². The Labute approximate surface area is 219 Å². The second-order valence-corrected chi connectivity index (χ2v) is 12.7. The summed E-state index contributed by atoms with van der Waals surface area (Å²) in [6, 6.07) is 35.0. The van der Waals surface area contributed by atoms with E-state index >= 15 is 0 Å². The zero-order chi connectivity index (χ0) is 26.3. The van der Waals surface area contributed by atoms with Crippen LogP contribution in [-0.4, -0.2) is 13.0 Å². The lowest BCUT2D eigenvalue weighted by Gasteiger charge is -2.11. The highest BCUT2D eigenvalue weighted by Gasteiger charge is 2.28. The molecule has 0 saturated carbocycles. The maximum Gasteiger partial charge on any atom is 0.166 e. The first kappa shape index (κ1) is 27.7. The molecule has 0 aliphatic carbocycles. The number of hydrogen-bond acceptors (Lipinski definition) is 3. The Kier molecular flexibility index (Phi) is 9.55. The van der Waals surface area contributed by atoms with Crippen LogP contribution in [0.3, 0.4) is 0 Å². The fourth-order valence-corrected chi connectivity index (χ4v) is 6.18. The summed E-state index contributed by atoms with van der Waals surface area (Å²) in [5.74, 6) is 1.13. The van der Waals surface area contributed by atoms with E-state index in [1.807, 2.05) is 6.92 Å². The third-order valence-corrected chi connectivity index (χ3v) is 8.93. The molecule has 0 aliphatic rings. The van der Waals surface area contributed by atoms with Crippen molar-refractivity contribution in [3.05, 3.63) is 120 Å². The van der Waals surface area contributed by atoms with Gasteiger partial charge in [0.05, 0.1) is 15.8 Å². The lowest BCUT2D eigenvalue weighted by molar-refractivity contribution is 0.463. The van der Waals surface area contributed by atoms with Crippen LogP contribution in [0.4, 0.5) is 0 Å². The van der Waals surface area contributed by atoms with Crippen molar-refractivity contribution in [2.45, 2.75) is 66.0 Å². The second kappa shape index (κ2) is 12.4. The molecular formula is C31H34O3S2. The number of aryl methyl sites for hydroxylation is 1. The largest absolute Gasteiger partial charge is 0.744 e. The van der Waals surface area contributed by atoms with Crippen LogP contribution in [0.5, 0.6) is 0 Å². The monoisotopic (exact) mass is 518 g/mol. The smallest absolute Gasteiger partial charge is 0.166 e. The zero-order valence-electron chi connectivity index (χ0n) is 21.5. The van der Waals surface area contributed by atoms with Gasteiger partial charge >= 0.3 is 0 Å². The van der Waals surface area contributed by atoms with E-state index < -0.39 is 10.1 Å². The Hall–Kier alpha value is -2.86. The molecule has 3 nitrogen and oxygen atoms in total. The van der Waals surface area contributed by atoms with Crippen LogP contribution < -0.4 is 0 Å². The molecule has 0 amide bonds. The van der Waals surface area contributed by atoms with Gasteiger partial charge in [-0.05, 0) is 78.4 Å². The van der Waals surface area contributed by atoms with Crippen LogP contribution in [0, 0.1) is 6.92 Å². The summed E-state index contributed by atoms with van der Waals surface area (Å²) in [6.07, 6.45) is 0. The van der Waals surface area contributed by atoms with Crippen molar-refractivity contribution in [2.24, 2.45) is 0 Å². The first-order valence-corrected chi connectivity index (χ1v) is 14.7. The molecule has 188 valence electrons. The minimum absolute atomic E-state index is 0.0576. The fraction of sp³-hybridized carbons (Fsp3) is 0.226. The highest BCUT2D eigenvalue weighted by atomic mass is 32.2. The lowest BCUT2D eigenvalue weighted by Crippen LogP contribution is -2.05. The summed E-state index contributed by atoms with van der Waals surface area (Å²) >= 11 is 0. The van der Waals surface area contributed by atoms with Crippen molar-refractivity contribution in [2.75, 3.05) is 0 Å². The molecule has 0 aliphatic heterocycles. The molecular weight excluding hydrogens is 484 g/mol. The molecule has 4 rings (SSSR count). The van der Waals surface area contributed by atoms with Crippen molar-refractivity contribution < 1.29 is 13.0 Å². The summed E-state index contributed by atoms with van der Waals surface area (Å²) in [7, 11) is -4.33. The third kappa shape index (κ3) is 7.57. The van der Waals surface area contributed by atoms with Gasteiger partial charge in [0.1, 0.15) is 10.1 Å². The summed E-state index contributed by atoms with van der Waals surface area (Å²) in [6.45, 7) is 10.8. The van der Waals surface area contributed by atoms with Gasteiger partial charge in [0.2, 0.25) is 0 Å². The highest BCUT2D eigenvalue weighted by Crippen LogP contribution is 2.32. The van der Waals surface area contributed by atoms with Crippen LogP contribution in [0.2, 0.25) is 0 Å². The minimum atomic E-state index is -4.27. The Morgan fingerprint density at radius 3 is 1.33 bits per heavy atom. The average Bonchev–Trinajstić information content (AvgIpc) is 2.86. The van der Waals surface area contributed by atoms with Gasteiger partial charge in [-0.25, -0.2) is 8.42 Å². The van der Waals surface area contributed by atoms with E-state index in [9.17, 15) is 13.0 Å². The van der Waals surface area contributed by atoms with E-state index in [4.69, 9.17) is 0 Å². The molecule has 0 aromatic heterocycles. The molecule has 0 unspecified atom stereocenters. The molecule has 4 aromatic rings. The van der Waals surface area contributed by atoms with Gasteiger partial charge < -0.3 is 4.55 Å². The van der Waals surface area contributed by atoms with Gasteiger partial charge in [-0.2, -0.15) is 0 Å². The SMILES string of the molecule is CC(C)c1ccc([S+](c2ccccc2)c2ccc(C(C)C)cc2)cc1.Cc1ccc(S(=O)(=O)[O-])cc1. The molecule has 36 heavy (non-hydrogen) atoms. The van der Waals surface area contributed by atoms with E-state index in [1.165, 1.54) is 37.9 Å². The van der Waals surface area contributed by atoms with Crippen molar-refractivity contribution in [3.8, 4) is 0 Å². The quantitative estimate of drug-likeness (QED) is 0.192. The first-order valence-electron chi connectivity index (χ1n) is 12.1. The van der Waals surface area contributed by atoms with Crippen LogP contribution in [0.1, 0.15) is 56.2 Å². The average molecular weight is 519 g/mol. The number of benzene rings is 4. The van der Waals surface area contributed by atoms with Gasteiger partial charge in [-0.1, -0.05) is 87.9 Å². The van der Waals surface area contributed by atoms with Gasteiger partial charge in [-0.3, -0.25) is 0 Å². The molecule has 0 spiro atoms. The second-order valence-electron chi connectivity index (χ2n) is 9.33. The summed E-state index contributed by atoms with van der Waals surface area (Å²) < 4.78 is 31.2. The first-order chi connectivity index (χ1) is 17.1. The standard InChI is InChI=1S/C24H27S.C7H8O3S/c1-18(2)20-10-14-23(15-11-20)25(22-8-6-5-7-9-22)24-16-12-21(13-17-24)19(3)4;1-6-2-4-7(5-3-6)11(8,9)10/h5-19H,1-4H3;2-5H,1H3,(H,8,9,10)/q+1;/p-1. The number of hydrogen-bond donors (Lipinski definition) is 0. The van der Waals surface area contributed by atoms with Gasteiger partial charge in [0.25, 0.3) is 0 Å². The fourth-order valence-electron chi connectivity index (χ4n) is 3.65. The highest BCUT2D eigenvalue weighted by molar-refractivity contribution is 7.97. The van der Waals surface area contributed by atoms with E-state index in [0.717, 1.165) is 5.56 Å². The Morgan fingerprint density at radius 1 is 0.583 bits per heavy atom. The topological polar surface area (TPSA) is 57.2 Å². The maximum absolute atomic E-state index is 10.4. The van der Waals surface area contributed by atoms with E-state index in [2.05, 4.69) is 107 Å². The van der Waals surface area contributed by atoms with Crippen molar-refractivity contribution in [1.82, 2.24) is 0 Å². The third-order valence-electron chi connectivity index (χ3n) is 5.85. The van der Waals surface area contributed by atoms with Crippen molar-refractivity contribution >= 4 is 21.0 Å². The summed E-state index contributed by atoms with van der Waals surface area (Å²) in [4.78, 5) is 3.96. The molecule has 4 aromatic carbocycles. The summed E-state index contributed by atoms with van der Waals surface area (Å²) in [5, 5.41) is 0. The molecule has 0 bridgehead atoms. The lowest BCUT2D eigenvalue weighted by atomic mass is 10.0. The molecule has 0 heterocycles. The van der Waals surface area contributed by atoms with E-state index in [1.54, 1.807) is 12.1 Å². The Morgan fingerprint density at radius 2 is 0.972 bits per heavy atom. The van der Waals surface area contributed by atoms with Gasteiger partial charge in [0, 0.05) is 0 Å². The molecule has 0 radical (unpaired) electrons. The van der Waals surface area contributed by atoms with Crippen LogP contribution >= 0.6 is 0 Å². The predicted molar refractivity (Wildman–Crippen MR) is 149 cm³/mol. The Balaban J connectivity index is 0.000000275. The number of rotatable bonds is 6. The Bertz CT molecular complexity index is 1270. The van der Waals surface area contributed by atoms with Crippen LogP contribution in [0.25, 0.3) is 0 Å². The predicted octanol–water partition coefficient (Wildman–Crippen LogP) is 7.93. The van der Waals surface area contributed by atoms with Crippen molar-refractivity contribution in [3.63, 3.8) is 0 Å². The zero-order valence-corrected chi connectivity index (χ0v) is 23.1. The van der Waals surface area contributed by atoms with E-state index in [-0.39, 0.29) is 15.8 Å². The molecule has 0 saturated heterocycles. The van der Waals surface area contributed by atoms with Gasteiger partial charge in [-0.15, -0.1) is 0 Å². The van der Waals surface area contributed by atoms with Gasteiger partial charge in [0.15, 0.2) is 14.7 Å². The molecule has 0 atom stereocenters. The summed E-state index contributed by atoms with van der Waals surface area (Å²) in [5.41, 5.74) is 3.73. The molecule has 0 N–H and O–H groups in total. The van der Waals surface area contributed by atoms with Crippen molar-refractivity contribution in [1.29, 1.82) is 0 Å². The molecule has 5 heteroatoms. The van der Waals surface area contributed by atoms with Crippen LogP contribution in [0.15, 0.2) is 123 Å². The van der Waals surface area contributed by atoms with Crippen LogP contribution in [-0.2, 0) is 21.0 Å². The maximum atomic E-state index is 10.4.